The van der Waals surface area contributed by atoms with Crippen molar-refractivity contribution in [3.8, 4) is 5.75 Å². The molecule has 0 bridgehead atoms. The molecular formula is C17H15NO3. The van der Waals surface area contributed by atoms with E-state index in [0.29, 0.717) is 29.8 Å². The normalized spacial score (nSPS) is 14.0. The number of aromatic hydroxyl groups is 1. The quantitative estimate of drug-likeness (QED) is 0.874. The van der Waals surface area contributed by atoms with E-state index >= 15 is 0 Å². The molecule has 0 aliphatic carbocycles. The summed E-state index contributed by atoms with van der Waals surface area (Å²) in [5.41, 5.74) is 2.51. The highest BCUT2D eigenvalue weighted by Crippen LogP contribution is 2.29. The molecule has 21 heavy (non-hydrogen) atoms. The standard InChI is InChI=1S/C17H15NO3/c1-11-10-12(19)6-7-13(11)17(21)18-9-8-16(20)14-4-2-3-5-15(14)18/h2-7,10,19H,8-9H2,1H3. The highest BCUT2D eigenvalue weighted by atomic mass is 16.3. The van der Waals surface area contributed by atoms with Gasteiger partial charge < -0.3 is 10.0 Å². The number of carbonyl (C=O) groups excluding carboxylic acids is 2. The van der Waals surface area contributed by atoms with Gasteiger partial charge in [-0.2, -0.15) is 0 Å². The Morgan fingerprint density at radius 3 is 2.71 bits per heavy atom. The van der Waals surface area contributed by atoms with Gasteiger partial charge in [-0.1, -0.05) is 12.1 Å². The minimum absolute atomic E-state index is 0.0667. The number of Topliss-reactive ketones (excluding diaryl/α,β-unsaturated/α-hetero) is 1. The van der Waals surface area contributed by atoms with E-state index in [0.717, 1.165) is 5.56 Å². The first kappa shape index (κ1) is 13.4. The minimum atomic E-state index is -0.146. The lowest BCUT2D eigenvalue weighted by Crippen LogP contribution is -2.37. The Labute approximate surface area is 122 Å². The van der Waals surface area contributed by atoms with E-state index in [-0.39, 0.29) is 17.4 Å². The summed E-state index contributed by atoms with van der Waals surface area (Å²) >= 11 is 0. The van der Waals surface area contributed by atoms with Crippen LogP contribution in [-0.2, 0) is 0 Å². The molecule has 0 radical (unpaired) electrons. The number of benzene rings is 2. The van der Waals surface area contributed by atoms with Gasteiger partial charge in [0.05, 0.1) is 5.69 Å². The molecule has 1 aliphatic heterocycles. The number of amides is 1. The zero-order chi connectivity index (χ0) is 15.0. The lowest BCUT2D eigenvalue weighted by atomic mass is 9.98. The molecule has 2 aromatic carbocycles. The molecule has 0 fully saturated rings. The van der Waals surface area contributed by atoms with Crippen molar-refractivity contribution >= 4 is 17.4 Å². The summed E-state index contributed by atoms with van der Waals surface area (Å²) in [5, 5.41) is 9.45. The summed E-state index contributed by atoms with van der Waals surface area (Å²) in [6, 6.07) is 11.8. The number of aryl methyl sites for hydroxylation is 1. The zero-order valence-corrected chi connectivity index (χ0v) is 11.7. The minimum Gasteiger partial charge on any atom is -0.508 e. The van der Waals surface area contributed by atoms with Crippen LogP contribution >= 0.6 is 0 Å². The first-order valence-electron chi connectivity index (χ1n) is 6.81. The van der Waals surface area contributed by atoms with E-state index in [4.69, 9.17) is 0 Å². The largest absolute Gasteiger partial charge is 0.508 e. The molecule has 3 rings (SSSR count). The molecule has 4 nitrogen and oxygen atoms in total. The summed E-state index contributed by atoms with van der Waals surface area (Å²) < 4.78 is 0. The van der Waals surface area contributed by atoms with Crippen molar-refractivity contribution in [2.45, 2.75) is 13.3 Å². The van der Waals surface area contributed by atoms with Crippen LogP contribution in [-0.4, -0.2) is 23.3 Å². The van der Waals surface area contributed by atoms with Crippen LogP contribution in [0, 0.1) is 6.92 Å². The van der Waals surface area contributed by atoms with Crippen LogP contribution in [0.1, 0.15) is 32.7 Å². The van der Waals surface area contributed by atoms with E-state index in [1.165, 1.54) is 6.07 Å². The highest BCUT2D eigenvalue weighted by Gasteiger charge is 2.28. The molecule has 0 spiro atoms. The summed E-state index contributed by atoms with van der Waals surface area (Å²) in [7, 11) is 0. The number of phenolic OH excluding ortho intramolecular Hbond substituents is 1. The van der Waals surface area contributed by atoms with Gasteiger partial charge in [-0.3, -0.25) is 9.59 Å². The molecule has 2 aromatic rings. The van der Waals surface area contributed by atoms with Crippen molar-refractivity contribution in [2.75, 3.05) is 11.4 Å². The van der Waals surface area contributed by atoms with Crippen LogP contribution in [0.5, 0.6) is 5.75 Å². The number of hydrogen-bond donors (Lipinski definition) is 1. The molecule has 0 saturated heterocycles. The Morgan fingerprint density at radius 2 is 1.95 bits per heavy atom. The van der Waals surface area contributed by atoms with Crippen LogP contribution in [0.15, 0.2) is 42.5 Å². The van der Waals surface area contributed by atoms with Crippen LogP contribution in [0.2, 0.25) is 0 Å². The van der Waals surface area contributed by atoms with Gasteiger partial charge in [-0.15, -0.1) is 0 Å². The predicted octanol–water partition coefficient (Wildman–Crippen LogP) is 2.93. The predicted molar refractivity (Wildman–Crippen MR) is 79.9 cm³/mol. The van der Waals surface area contributed by atoms with Gasteiger partial charge in [0.15, 0.2) is 5.78 Å². The topological polar surface area (TPSA) is 57.6 Å². The van der Waals surface area contributed by atoms with E-state index in [1.807, 2.05) is 6.07 Å². The van der Waals surface area contributed by atoms with Gasteiger partial charge in [0.25, 0.3) is 5.91 Å². The number of hydrogen-bond acceptors (Lipinski definition) is 3. The van der Waals surface area contributed by atoms with Crippen molar-refractivity contribution in [1.29, 1.82) is 0 Å². The third kappa shape index (κ3) is 2.29. The first-order valence-corrected chi connectivity index (χ1v) is 6.81. The Morgan fingerprint density at radius 1 is 1.19 bits per heavy atom. The molecule has 1 heterocycles. The van der Waals surface area contributed by atoms with Crippen LogP contribution in [0.25, 0.3) is 0 Å². The Kier molecular flexibility index (Phi) is 3.22. The van der Waals surface area contributed by atoms with E-state index in [2.05, 4.69) is 0 Å². The molecule has 4 heteroatoms. The van der Waals surface area contributed by atoms with Gasteiger partial charge >= 0.3 is 0 Å². The maximum Gasteiger partial charge on any atom is 0.258 e. The van der Waals surface area contributed by atoms with Gasteiger partial charge in [-0.05, 0) is 42.8 Å². The summed E-state index contributed by atoms with van der Waals surface area (Å²) in [6.07, 6.45) is 0.333. The third-order valence-corrected chi connectivity index (χ3v) is 3.74. The summed E-state index contributed by atoms with van der Waals surface area (Å²) in [5.74, 6) is 0.0581. The van der Waals surface area contributed by atoms with Crippen molar-refractivity contribution < 1.29 is 14.7 Å². The number of phenols is 1. The first-order chi connectivity index (χ1) is 10.1. The second-order valence-electron chi connectivity index (χ2n) is 5.15. The SMILES string of the molecule is Cc1cc(O)ccc1C(=O)N1CCC(=O)c2ccccc21. The average Bonchev–Trinajstić information content (AvgIpc) is 2.47. The Bertz CT molecular complexity index is 737. The second kappa shape index (κ2) is 5.05. The van der Waals surface area contributed by atoms with E-state index in [9.17, 15) is 14.7 Å². The Hall–Kier alpha value is -2.62. The van der Waals surface area contributed by atoms with Crippen molar-refractivity contribution in [3.05, 3.63) is 59.2 Å². The number of carbonyl (C=O) groups is 2. The fourth-order valence-electron chi connectivity index (χ4n) is 2.66. The van der Waals surface area contributed by atoms with Crippen LogP contribution < -0.4 is 4.90 Å². The molecule has 0 atom stereocenters. The molecule has 106 valence electrons. The molecule has 1 N–H and O–H groups in total. The molecule has 1 aliphatic rings. The summed E-state index contributed by atoms with van der Waals surface area (Å²) in [4.78, 5) is 26.3. The number of anilines is 1. The highest BCUT2D eigenvalue weighted by molar-refractivity contribution is 6.13. The van der Waals surface area contributed by atoms with Gasteiger partial charge in [0.2, 0.25) is 0 Å². The molecule has 0 unspecified atom stereocenters. The summed E-state index contributed by atoms with van der Waals surface area (Å²) in [6.45, 7) is 2.17. The van der Waals surface area contributed by atoms with Crippen molar-refractivity contribution in [1.82, 2.24) is 0 Å². The monoisotopic (exact) mass is 281 g/mol. The fourth-order valence-corrected chi connectivity index (χ4v) is 2.66. The Balaban J connectivity index is 2.03. The van der Waals surface area contributed by atoms with Gasteiger partial charge in [0.1, 0.15) is 5.75 Å². The molecule has 0 saturated carbocycles. The zero-order valence-electron chi connectivity index (χ0n) is 11.7. The molecule has 1 amide bonds. The van der Waals surface area contributed by atoms with Gasteiger partial charge in [-0.25, -0.2) is 0 Å². The average molecular weight is 281 g/mol. The van der Waals surface area contributed by atoms with Gasteiger partial charge in [0, 0.05) is 24.1 Å². The number of rotatable bonds is 1. The fraction of sp³-hybridized carbons (Fsp3) is 0.176. The second-order valence-corrected chi connectivity index (χ2v) is 5.15. The van der Waals surface area contributed by atoms with Crippen LogP contribution in [0.3, 0.4) is 0 Å². The number of fused-ring (bicyclic) bond motifs is 1. The number of ketones is 1. The van der Waals surface area contributed by atoms with E-state index < -0.39 is 0 Å². The molecule has 0 aromatic heterocycles. The lowest BCUT2D eigenvalue weighted by Gasteiger charge is -2.29. The smallest absolute Gasteiger partial charge is 0.258 e. The van der Waals surface area contributed by atoms with Crippen LogP contribution in [0.4, 0.5) is 5.69 Å². The van der Waals surface area contributed by atoms with E-state index in [1.54, 1.807) is 42.2 Å². The molecular weight excluding hydrogens is 266 g/mol. The van der Waals surface area contributed by atoms with Crippen molar-refractivity contribution in [3.63, 3.8) is 0 Å². The third-order valence-electron chi connectivity index (χ3n) is 3.74. The maximum atomic E-state index is 12.7. The maximum absolute atomic E-state index is 12.7. The van der Waals surface area contributed by atoms with Crippen molar-refractivity contribution in [2.24, 2.45) is 0 Å². The number of para-hydroxylation sites is 1. The lowest BCUT2D eigenvalue weighted by molar-refractivity contribution is 0.0955. The number of nitrogens with zero attached hydrogens (tertiary/aromatic N) is 1.